The van der Waals surface area contributed by atoms with E-state index in [0.717, 1.165) is 66.4 Å². The molecular weight excluding hydrogens is 438 g/mol. The number of hydrogen-bond donors (Lipinski definition) is 0. The molecule has 188 valence electrons. The van der Waals surface area contributed by atoms with E-state index in [1.807, 2.05) is 51.2 Å². The molecule has 0 radical (unpaired) electrons. The minimum absolute atomic E-state index is 0.158. The van der Waals surface area contributed by atoms with Gasteiger partial charge < -0.3 is 18.9 Å². The van der Waals surface area contributed by atoms with E-state index in [2.05, 4.69) is 58.3 Å². The largest absolute Gasteiger partial charge is 0.459 e. The first-order chi connectivity index (χ1) is 16.7. The third-order valence-corrected chi connectivity index (χ3v) is 7.12. The van der Waals surface area contributed by atoms with Gasteiger partial charge in [-0.2, -0.15) is 0 Å². The molecule has 1 aliphatic rings. The fourth-order valence-electron chi connectivity index (χ4n) is 5.20. The Labute approximate surface area is 209 Å². The highest BCUT2D eigenvalue weighted by Crippen LogP contribution is 2.36. The molecule has 1 aliphatic heterocycles. The minimum atomic E-state index is -0.268. The van der Waals surface area contributed by atoms with Crippen LogP contribution in [0.1, 0.15) is 55.4 Å². The van der Waals surface area contributed by atoms with Gasteiger partial charge in [-0.15, -0.1) is 0 Å². The monoisotopic (exact) mass is 477 g/mol. The highest BCUT2D eigenvalue weighted by molar-refractivity contribution is 5.96. The van der Waals surface area contributed by atoms with Gasteiger partial charge in [0.05, 0.1) is 17.2 Å². The van der Waals surface area contributed by atoms with E-state index in [4.69, 9.17) is 4.74 Å². The lowest BCUT2D eigenvalue weighted by molar-refractivity contribution is 0.0376. The van der Waals surface area contributed by atoms with E-state index in [1.54, 1.807) is 0 Å². The number of rotatable bonds is 7. The van der Waals surface area contributed by atoms with Crippen LogP contribution in [0.3, 0.4) is 0 Å². The maximum Gasteiger partial charge on any atom is 0.338 e. The zero-order valence-electron chi connectivity index (χ0n) is 22.2. The van der Waals surface area contributed by atoms with Crippen molar-refractivity contribution in [1.82, 2.24) is 19.2 Å². The van der Waals surface area contributed by atoms with Crippen molar-refractivity contribution in [2.45, 2.75) is 46.8 Å². The van der Waals surface area contributed by atoms with Crippen LogP contribution in [0.5, 0.6) is 0 Å². The first-order valence-electron chi connectivity index (χ1n) is 12.7. The van der Waals surface area contributed by atoms with Gasteiger partial charge in [0, 0.05) is 75.5 Å². The number of piperazine rings is 1. The Bertz CT molecular complexity index is 1190. The van der Waals surface area contributed by atoms with E-state index in [9.17, 15) is 4.79 Å². The van der Waals surface area contributed by atoms with Crippen LogP contribution in [-0.4, -0.2) is 78.1 Å². The summed E-state index contributed by atoms with van der Waals surface area (Å²) in [6.07, 6.45) is 3.78. The first-order valence-corrected chi connectivity index (χ1v) is 12.7. The molecule has 4 rings (SSSR count). The first kappa shape index (κ1) is 25.2. The molecule has 1 saturated heterocycles. The summed E-state index contributed by atoms with van der Waals surface area (Å²) < 4.78 is 7.93. The molecule has 0 amide bonds. The smallest absolute Gasteiger partial charge is 0.338 e. The van der Waals surface area contributed by atoms with Gasteiger partial charge in [-0.3, -0.25) is 4.90 Å². The molecule has 0 spiro atoms. The van der Waals surface area contributed by atoms with Gasteiger partial charge in [-0.1, -0.05) is 6.92 Å². The fourth-order valence-corrected chi connectivity index (χ4v) is 5.20. The van der Waals surface area contributed by atoms with Crippen LogP contribution in [0.4, 0.5) is 5.82 Å². The molecule has 0 aliphatic carbocycles. The van der Waals surface area contributed by atoms with Crippen LogP contribution in [0.15, 0.2) is 36.7 Å². The Hall–Kier alpha value is -2.90. The lowest BCUT2D eigenvalue weighted by Gasteiger charge is -2.38. The second-order valence-corrected chi connectivity index (χ2v) is 9.92. The zero-order valence-corrected chi connectivity index (χ0v) is 22.2. The Balaban J connectivity index is 1.89. The standard InChI is InChI=1S/C28H39N5O2/c1-8-31-14-16-32(17-15-31)21(5)26-20(4)24(28(34)35-19(2)3)18-25-22(11-13-33(25)26)23-10-9-12-29-27(23)30(6)7/h9-13,18-19,21H,8,14-17H2,1-7H3. The third kappa shape index (κ3) is 4.93. The SMILES string of the molecule is CCN1CCN(C(C)c2c(C)c(C(=O)OC(C)C)cc3c(-c4cccnc4N(C)C)ccn23)CC1. The number of carbonyl (C=O) groups excluding carboxylic acids is 1. The number of carbonyl (C=O) groups is 1. The second kappa shape index (κ2) is 10.4. The number of anilines is 1. The van der Waals surface area contributed by atoms with Crippen molar-refractivity contribution >= 4 is 17.3 Å². The maximum absolute atomic E-state index is 13.2. The summed E-state index contributed by atoms with van der Waals surface area (Å²) in [5.41, 5.74) is 5.86. The van der Waals surface area contributed by atoms with E-state index < -0.39 is 0 Å². The molecule has 3 aromatic rings. The highest BCUT2D eigenvalue weighted by atomic mass is 16.5. The summed E-state index contributed by atoms with van der Waals surface area (Å²) >= 11 is 0. The third-order valence-electron chi connectivity index (χ3n) is 7.12. The average Bonchev–Trinajstić information content (AvgIpc) is 3.26. The number of esters is 1. The van der Waals surface area contributed by atoms with E-state index in [0.29, 0.717) is 5.56 Å². The normalized spacial score (nSPS) is 16.1. The van der Waals surface area contributed by atoms with Crippen LogP contribution in [0.2, 0.25) is 0 Å². The van der Waals surface area contributed by atoms with Gasteiger partial charge >= 0.3 is 5.97 Å². The van der Waals surface area contributed by atoms with Crippen molar-refractivity contribution in [2.75, 3.05) is 51.7 Å². The molecule has 1 unspecified atom stereocenters. The Morgan fingerprint density at radius 2 is 1.83 bits per heavy atom. The molecule has 1 atom stereocenters. The molecule has 7 heteroatoms. The van der Waals surface area contributed by atoms with Gasteiger partial charge in [0.1, 0.15) is 5.82 Å². The number of pyridine rings is 2. The molecule has 0 N–H and O–H groups in total. The molecule has 1 fully saturated rings. The predicted octanol–water partition coefficient (Wildman–Crippen LogP) is 4.64. The number of likely N-dealkylation sites (N-methyl/N-ethyl adjacent to an activating group) is 1. The van der Waals surface area contributed by atoms with Crippen LogP contribution in [0.25, 0.3) is 16.6 Å². The van der Waals surface area contributed by atoms with Crippen LogP contribution in [-0.2, 0) is 4.74 Å². The van der Waals surface area contributed by atoms with Crippen molar-refractivity contribution in [3.8, 4) is 11.1 Å². The fraction of sp³-hybridized carbons (Fsp3) is 0.500. The number of ether oxygens (including phenoxy) is 1. The molecule has 0 saturated carbocycles. The summed E-state index contributed by atoms with van der Waals surface area (Å²) in [6, 6.07) is 8.35. The van der Waals surface area contributed by atoms with Gasteiger partial charge in [0.25, 0.3) is 0 Å². The van der Waals surface area contributed by atoms with Crippen LogP contribution < -0.4 is 4.90 Å². The Kier molecular flexibility index (Phi) is 7.47. The quantitative estimate of drug-likeness (QED) is 0.462. The topological polar surface area (TPSA) is 53.3 Å². The lowest BCUT2D eigenvalue weighted by Crippen LogP contribution is -2.47. The zero-order chi connectivity index (χ0) is 25.3. The number of nitrogens with zero attached hydrogens (tertiary/aromatic N) is 5. The van der Waals surface area contributed by atoms with Gasteiger partial charge in [0.2, 0.25) is 0 Å². The van der Waals surface area contributed by atoms with Gasteiger partial charge in [-0.25, -0.2) is 9.78 Å². The molecule has 35 heavy (non-hydrogen) atoms. The van der Waals surface area contributed by atoms with Crippen LogP contribution >= 0.6 is 0 Å². The van der Waals surface area contributed by atoms with E-state index in [1.165, 1.54) is 0 Å². The summed E-state index contributed by atoms with van der Waals surface area (Å²) in [5, 5.41) is 0. The molecule has 0 aromatic carbocycles. The van der Waals surface area contributed by atoms with Crippen molar-refractivity contribution < 1.29 is 9.53 Å². The summed E-state index contributed by atoms with van der Waals surface area (Å²) in [6.45, 7) is 15.6. The molecule has 3 aromatic heterocycles. The van der Waals surface area contributed by atoms with Crippen LogP contribution in [0, 0.1) is 6.92 Å². The van der Waals surface area contributed by atoms with Crippen molar-refractivity contribution in [3.63, 3.8) is 0 Å². The van der Waals surface area contributed by atoms with E-state index >= 15 is 0 Å². The molecule has 4 heterocycles. The molecule has 0 bridgehead atoms. The second-order valence-electron chi connectivity index (χ2n) is 9.92. The molecular formula is C28H39N5O2. The highest BCUT2D eigenvalue weighted by Gasteiger charge is 2.28. The molecule has 7 nitrogen and oxygen atoms in total. The predicted molar refractivity (Wildman–Crippen MR) is 142 cm³/mol. The number of aromatic nitrogens is 2. The van der Waals surface area contributed by atoms with Crippen molar-refractivity contribution in [1.29, 1.82) is 0 Å². The van der Waals surface area contributed by atoms with Gasteiger partial charge in [-0.05, 0) is 64.1 Å². The Morgan fingerprint density at radius 1 is 1.11 bits per heavy atom. The van der Waals surface area contributed by atoms with Gasteiger partial charge in [0.15, 0.2) is 0 Å². The average molecular weight is 478 g/mol. The van der Waals surface area contributed by atoms with Crippen molar-refractivity contribution in [3.05, 3.63) is 53.5 Å². The van der Waals surface area contributed by atoms with Crippen molar-refractivity contribution in [2.24, 2.45) is 0 Å². The number of hydrogen-bond acceptors (Lipinski definition) is 6. The lowest BCUT2D eigenvalue weighted by atomic mass is 9.99. The summed E-state index contributed by atoms with van der Waals surface area (Å²) in [7, 11) is 4.01. The minimum Gasteiger partial charge on any atom is -0.459 e. The number of fused-ring (bicyclic) bond motifs is 1. The Morgan fingerprint density at radius 3 is 2.46 bits per heavy atom. The maximum atomic E-state index is 13.2. The summed E-state index contributed by atoms with van der Waals surface area (Å²) in [4.78, 5) is 24.9. The van der Waals surface area contributed by atoms with E-state index in [-0.39, 0.29) is 18.1 Å². The summed E-state index contributed by atoms with van der Waals surface area (Å²) in [5.74, 6) is 0.633.